The van der Waals surface area contributed by atoms with Crippen LogP contribution in [0.15, 0.2) is 12.1 Å². The number of halogens is 1. The van der Waals surface area contributed by atoms with E-state index in [1.54, 1.807) is 0 Å². The Morgan fingerprint density at radius 3 is 2.32 bits per heavy atom. The molecule has 2 N–H and O–H groups in total. The first-order valence-corrected chi connectivity index (χ1v) is 18.5. The summed E-state index contributed by atoms with van der Waals surface area (Å²) in [4.78, 5) is 12.7. The standard InChI is InChI=1S/C32H50ClN3O4Si/c1-9-26-28(25(34-35(26)6)17-13-11-12-14-20-37)27-24(33)19-18-23-22(30(31(38)39)36(10-2)29(23)27)16-15-21-40-41(7,8)32(3,4)5/h18-19,37H,9-17,20-21H2,1-8H3,(H,38,39). The van der Waals surface area contributed by atoms with Gasteiger partial charge in [0.2, 0.25) is 0 Å². The monoisotopic (exact) mass is 603 g/mol. The first kappa shape index (κ1) is 33.4. The number of rotatable bonds is 15. The van der Waals surface area contributed by atoms with E-state index < -0.39 is 14.3 Å². The number of fused-ring (bicyclic) bond motifs is 1. The summed E-state index contributed by atoms with van der Waals surface area (Å²) in [6.07, 6.45) is 6.74. The smallest absolute Gasteiger partial charge is 0.352 e. The SMILES string of the molecule is CCc1c(-c2c(Cl)ccc3c(CCCO[Si](C)(C)C(C)(C)C)c(C(=O)O)n(CC)c23)c(CCCCCCO)nn1C. The van der Waals surface area contributed by atoms with E-state index in [-0.39, 0.29) is 11.6 Å². The van der Waals surface area contributed by atoms with Gasteiger partial charge < -0.3 is 19.2 Å². The van der Waals surface area contributed by atoms with Gasteiger partial charge in [0, 0.05) is 49.0 Å². The van der Waals surface area contributed by atoms with Crippen molar-refractivity contribution >= 4 is 36.8 Å². The highest BCUT2D eigenvalue weighted by Crippen LogP contribution is 2.43. The molecule has 0 aliphatic carbocycles. The molecule has 0 radical (unpaired) electrons. The van der Waals surface area contributed by atoms with Crippen LogP contribution in [0.4, 0.5) is 0 Å². The molecule has 0 saturated heterocycles. The van der Waals surface area contributed by atoms with E-state index in [1.165, 1.54) is 0 Å². The highest BCUT2D eigenvalue weighted by Gasteiger charge is 2.37. The van der Waals surface area contributed by atoms with E-state index in [4.69, 9.17) is 26.2 Å². The number of nitrogens with zero attached hydrogens (tertiary/aromatic N) is 3. The number of unbranched alkanes of at least 4 members (excludes halogenated alkanes) is 3. The molecule has 41 heavy (non-hydrogen) atoms. The summed E-state index contributed by atoms with van der Waals surface area (Å²) in [6, 6.07) is 3.90. The average Bonchev–Trinajstić information content (AvgIpc) is 3.39. The number of hydrogen-bond donors (Lipinski definition) is 2. The van der Waals surface area contributed by atoms with Crippen LogP contribution >= 0.6 is 11.6 Å². The van der Waals surface area contributed by atoms with E-state index in [2.05, 4.69) is 40.8 Å². The molecule has 0 bridgehead atoms. The molecule has 3 rings (SSSR count). The summed E-state index contributed by atoms with van der Waals surface area (Å²) in [7, 11) is 0.0848. The topological polar surface area (TPSA) is 89.5 Å². The Balaban J connectivity index is 2.12. The first-order valence-electron chi connectivity index (χ1n) is 15.2. The number of carbonyl (C=O) groups is 1. The fraction of sp³-hybridized carbons (Fsp3) is 0.625. The second-order valence-corrected chi connectivity index (χ2v) is 17.8. The van der Waals surface area contributed by atoms with Crippen molar-refractivity contribution in [2.24, 2.45) is 7.05 Å². The maximum Gasteiger partial charge on any atom is 0.352 e. The van der Waals surface area contributed by atoms with Crippen LogP contribution in [-0.2, 0) is 37.3 Å². The fourth-order valence-corrected chi connectivity index (χ4v) is 6.92. The minimum absolute atomic E-state index is 0.125. The van der Waals surface area contributed by atoms with Gasteiger partial charge >= 0.3 is 5.97 Å². The zero-order chi connectivity index (χ0) is 30.5. The number of aliphatic hydroxyl groups is 1. The summed E-state index contributed by atoms with van der Waals surface area (Å²) >= 11 is 7.00. The van der Waals surface area contributed by atoms with Crippen molar-refractivity contribution in [3.05, 3.63) is 39.8 Å². The van der Waals surface area contributed by atoms with Crippen LogP contribution in [0.25, 0.3) is 22.0 Å². The molecule has 2 aromatic heterocycles. The zero-order valence-electron chi connectivity index (χ0n) is 26.4. The number of benzene rings is 1. The van der Waals surface area contributed by atoms with Crippen LogP contribution < -0.4 is 0 Å². The third-order valence-corrected chi connectivity index (χ3v) is 13.6. The molecule has 3 aromatic rings. The minimum Gasteiger partial charge on any atom is -0.477 e. The lowest BCUT2D eigenvalue weighted by Gasteiger charge is -2.36. The molecule has 0 aliphatic heterocycles. The lowest BCUT2D eigenvalue weighted by atomic mass is 9.95. The van der Waals surface area contributed by atoms with Gasteiger partial charge in [-0.2, -0.15) is 5.10 Å². The van der Waals surface area contributed by atoms with Crippen LogP contribution in [-0.4, -0.2) is 52.1 Å². The number of carboxylic acid groups (broad SMARTS) is 1. The van der Waals surface area contributed by atoms with Crippen LogP contribution in [0.3, 0.4) is 0 Å². The van der Waals surface area contributed by atoms with E-state index in [0.717, 1.165) is 83.9 Å². The lowest BCUT2D eigenvalue weighted by molar-refractivity contribution is 0.0684. The second kappa shape index (κ2) is 13.9. The van der Waals surface area contributed by atoms with Crippen molar-refractivity contribution in [1.29, 1.82) is 0 Å². The predicted molar refractivity (Wildman–Crippen MR) is 172 cm³/mol. The molecule has 9 heteroatoms. The Morgan fingerprint density at radius 2 is 1.73 bits per heavy atom. The molecule has 0 spiro atoms. The second-order valence-electron chi connectivity index (χ2n) is 12.5. The van der Waals surface area contributed by atoms with Gasteiger partial charge in [0.15, 0.2) is 8.32 Å². The van der Waals surface area contributed by atoms with Gasteiger partial charge in [0.05, 0.1) is 16.2 Å². The van der Waals surface area contributed by atoms with Gasteiger partial charge in [-0.05, 0) is 75.2 Å². The molecule has 1 aromatic carbocycles. The molecule has 0 unspecified atom stereocenters. The molecular weight excluding hydrogens is 554 g/mol. The largest absolute Gasteiger partial charge is 0.477 e. The van der Waals surface area contributed by atoms with Crippen molar-refractivity contribution in [2.75, 3.05) is 13.2 Å². The molecule has 2 heterocycles. The van der Waals surface area contributed by atoms with Gasteiger partial charge in [0.25, 0.3) is 0 Å². The summed E-state index contributed by atoms with van der Waals surface area (Å²) in [5, 5.41) is 26.2. The van der Waals surface area contributed by atoms with Gasteiger partial charge in [-0.15, -0.1) is 0 Å². The number of carboxylic acids is 1. The van der Waals surface area contributed by atoms with Crippen molar-refractivity contribution in [3.63, 3.8) is 0 Å². The first-order chi connectivity index (χ1) is 19.3. The highest BCUT2D eigenvalue weighted by atomic mass is 35.5. The predicted octanol–water partition coefficient (Wildman–Crippen LogP) is 8.03. The van der Waals surface area contributed by atoms with Gasteiger partial charge in [0.1, 0.15) is 5.69 Å². The number of aromatic carboxylic acids is 1. The fourth-order valence-electron chi connectivity index (χ4n) is 5.58. The summed E-state index contributed by atoms with van der Waals surface area (Å²) in [5.74, 6) is -0.920. The Bertz CT molecular complexity index is 1350. The molecule has 0 aliphatic rings. The average molecular weight is 604 g/mol. The van der Waals surface area contributed by atoms with E-state index >= 15 is 0 Å². The Morgan fingerprint density at radius 1 is 1.05 bits per heavy atom. The minimum atomic E-state index is -1.89. The molecule has 0 saturated carbocycles. The Hall–Kier alpha value is -2.13. The molecule has 0 fully saturated rings. The van der Waals surface area contributed by atoms with Crippen LogP contribution in [0, 0.1) is 0 Å². The van der Waals surface area contributed by atoms with Gasteiger partial charge in [-0.25, -0.2) is 4.79 Å². The Kier molecular flexibility index (Phi) is 11.3. The molecule has 0 atom stereocenters. The van der Waals surface area contributed by atoms with E-state index in [9.17, 15) is 9.90 Å². The van der Waals surface area contributed by atoms with E-state index in [1.807, 2.05) is 35.4 Å². The summed E-state index contributed by atoms with van der Waals surface area (Å²) in [5.41, 5.74) is 6.06. The molecule has 0 amide bonds. The quantitative estimate of drug-likeness (QED) is 0.136. The number of hydrogen-bond acceptors (Lipinski definition) is 4. The molecule has 7 nitrogen and oxygen atoms in total. The number of aromatic nitrogens is 3. The zero-order valence-corrected chi connectivity index (χ0v) is 28.1. The molecular formula is C32H50ClN3O4Si. The van der Waals surface area contributed by atoms with Crippen LogP contribution in [0.5, 0.6) is 0 Å². The Labute approximate surface area is 252 Å². The van der Waals surface area contributed by atoms with Gasteiger partial charge in [-0.3, -0.25) is 4.68 Å². The third-order valence-electron chi connectivity index (χ3n) is 8.78. The van der Waals surface area contributed by atoms with E-state index in [0.29, 0.717) is 30.3 Å². The summed E-state index contributed by atoms with van der Waals surface area (Å²) in [6.45, 7) is 16.6. The van der Waals surface area contributed by atoms with Crippen molar-refractivity contribution in [3.8, 4) is 11.1 Å². The number of aryl methyl sites for hydroxylation is 4. The van der Waals surface area contributed by atoms with Crippen molar-refractivity contribution < 1.29 is 19.4 Å². The van der Waals surface area contributed by atoms with Crippen LogP contribution in [0.2, 0.25) is 23.2 Å². The van der Waals surface area contributed by atoms with Crippen molar-refractivity contribution in [2.45, 2.75) is 111 Å². The van der Waals surface area contributed by atoms with Gasteiger partial charge in [-0.1, -0.05) is 58.2 Å². The van der Waals surface area contributed by atoms with Crippen molar-refractivity contribution in [1.82, 2.24) is 14.3 Å². The normalized spacial score (nSPS) is 12.5. The maximum atomic E-state index is 12.7. The molecule has 228 valence electrons. The lowest BCUT2D eigenvalue weighted by Crippen LogP contribution is -2.41. The third kappa shape index (κ3) is 7.09. The highest BCUT2D eigenvalue weighted by molar-refractivity contribution is 6.74. The number of aliphatic hydroxyl groups excluding tert-OH is 1. The van der Waals surface area contributed by atoms with Crippen LogP contribution in [0.1, 0.15) is 94.2 Å². The maximum absolute atomic E-state index is 12.7. The summed E-state index contributed by atoms with van der Waals surface area (Å²) < 4.78 is 10.3.